The van der Waals surface area contributed by atoms with E-state index in [1.54, 1.807) is 0 Å². The van der Waals surface area contributed by atoms with E-state index in [4.69, 9.17) is 34.8 Å². The molecule has 0 saturated carbocycles. The largest absolute Gasteiger partial charge is 0.431 e. The highest BCUT2D eigenvalue weighted by Crippen LogP contribution is 2.36. The van der Waals surface area contributed by atoms with Gasteiger partial charge in [0.25, 0.3) is 0 Å². The van der Waals surface area contributed by atoms with Crippen LogP contribution in [0, 0.1) is 0 Å². The molecular formula is C12H5Cl3F3NO. The van der Waals surface area contributed by atoms with Crippen molar-refractivity contribution in [2.75, 3.05) is 0 Å². The predicted molar refractivity (Wildman–Crippen MR) is 72.5 cm³/mol. The average Bonchev–Trinajstić information content (AvgIpc) is 2.32. The van der Waals surface area contributed by atoms with Crippen molar-refractivity contribution in [1.82, 2.24) is 4.98 Å². The molecule has 2 aromatic rings. The van der Waals surface area contributed by atoms with Crippen LogP contribution in [0.25, 0.3) is 11.3 Å². The number of benzene rings is 1. The van der Waals surface area contributed by atoms with Crippen LogP contribution >= 0.6 is 34.8 Å². The first-order valence-electron chi connectivity index (χ1n) is 5.15. The van der Waals surface area contributed by atoms with E-state index < -0.39 is 17.3 Å². The highest BCUT2D eigenvalue weighted by molar-refractivity contribution is 6.45. The first kappa shape index (κ1) is 15.2. The molecule has 1 aromatic heterocycles. The smallest absolute Gasteiger partial charge is 0.351 e. The summed E-state index contributed by atoms with van der Waals surface area (Å²) in [4.78, 5) is 13.5. The molecule has 1 heterocycles. The van der Waals surface area contributed by atoms with Gasteiger partial charge >= 0.3 is 6.18 Å². The maximum atomic E-state index is 12.7. The van der Waals surface area contributed by atoms with Gasteiger partial charge in [-0.15, -0.1) is 0 Å². The molecule has 1 N–H and O–H groups in total. The Morgan fingerprint density at radius 1 is 1.00 bits per heavy atom. The molecule has 2 rings (SSSR count). The summed E-state index contributed by atoms with van der Waals surface area (Å²) in [7, 11) is 0. The van der Waals surface area contributed by atoms with Gasteiger partial charge in [0.05, 0.1) is 15.7 Å². The number of alkyl halides is 3. The van der Waals surface area contributed by atoms with Crippen LogP contribution in [0.1, 0.15) is 5.69 Å². The number of rotatable bonds is 1. The van der Waals surface area contributed by atoms with E-state index in [9.17, 15) is 18.0 Å². The minimum absolute atomic E-state index is 0.00559. The van der Waals surface area contributed by atoms with E-state index in [1.807, 2.05) is 0 Å². The first-order valence-corrected chi connectivity index (χ1v) is 6.28. The first-order chi connectivity index (χ1) is 9.18. The lowest BCUT2D eigenvalue weighted by Gasteiger charge is -2.11. The van der Waals surface area contributed by atoms with Gasteiger partial charge in [0.1, 0.15) is 5.69 Å². The van der Waals surface area contributed by atoms with Crippen LogP contribution in [0.5, 0.6) is 0 Å². The Kier molecular flexibility index (Phi) is 4.04. The summed E-state index contributed by atoms with van der Waals surface area (Å²) < 4.78 is 38.0. The van der Waals surface area contributed by atoms with Crippen molar-refractivity contribution in [3.63, 3.8) is 0 Å². The Bertz CT molecular complexity index is 725. The van der Waals surface area contributed by atoms with Crippen LogP contribution in [0.3, 0.4) is 0 Å². The summed E-state index contributed by atoms with van der Waals surface area (Å²) in [5, 5.41) is 0.270. The number of aromatic amines is 1. The van der Waals surface area contributed by atoms with Gasteiger partial charge in [-0.1, -0.05) is 34.8 Å². The summed E-state index contributed by atoms with van der Waals surface area (Å²) in [5.74, 6) is 0. The predicted octanol–water partition coefficient (Wildman–Crippen LogP) is 5.02. The molecule has 0 radical (unpaired) electrons. The molecule has 0 spiro atoms. The number of pyridine rings is 1. The standard InChI is InChI=1S/C12H5Cl3F3NO/c13-5-1-7(11(15)8(14)2-5)9-3-6(20)4-10(19-9)12(16,17)18/h1-4H,(H,19,20). The van der Waals surface area contributed by atoms with Crippen LogP contribution in [-0.4, -0.2) is 4.98 Å². The van der Waals surface area contributed by atoms with Crippen LogP contribution < -0.4 is 5.43 Å². The lowest BCUT2D eigenvalue weighted by Crippen LogP contribution is -2.13. The Hall–Kier alpha value is -1.17. The maximum absolute atomic E-state index is 12.7. The van der Waals surface area contributed by atoms with E-state index in [-0.39, 0.29) is 26.3 Å². The molecular weight excluding hydrogens is 337 g/mol. The molecule has 0 saturated heterocycles. The fourth-order valence-corrected chi connectivity index (χ4v) is 2.30. The second-order valence-electron chi connectivity index (χ2n) is 3.89. The van der Waals surface area contributed by atoms with Gasteiger partial charge in [0, 0.05) is 22.7 Å². The highest BCUT2D eigenvalue weighted by Gasteiger charge is 2.32. The molecule has 1 aromatic carbocycles. The van der Waals surface area contributed by atoms with E-state index in [1.165, 1.54) is 12.1 Å². The second kappa shape index (κ2) is 5.31. The van der Waals surface area contributed by atoms with Gasteiger partial charge in [0.15, 0.2) is 5.43 Å². The van der Waals surface area contributed by atoms with Crippen molar-refractivity contribution >= 4 is 34.8 Å². The molecule has 106 valence electrons. The topological polar surface area (TPSA) is 32.9 Å². The fourth-order valence-electron chi connectivity index (χ4n) is 1.59. The summed E-state index contributed by atoms with van der Waals surface area (Å²) in [5.41, 5.74) is -1.98. The van der Waals surface area contributed by atoms with E-state index in [2.05, 4.69) is 4.98 Å². The quantitative estimate of drug-likeness (QED) is 0.725. The summed E-state index contributed by atoms with van der Waals surface area (Å²) in [6.45, 7) is 0. The molecule has 0 bridgehead atoms. The van der Waals surface area contributed by atoms with Crippen LogP contribution in [0.15, 0.2) is 29.1 Å². The zero-order chi connectivity index (χ0) is 15.1. The Labute approximate surface area is 126 Å². The molecule has 0 atom stereocenters. The average molecular weight is 343 g/mol. The Balaban J connectivity index is 2.71. The van der Waals surface area contributed by atoms with Gasteiger partial charge in [-0.2, -0.15) is 13.2 Å². The molecule has 0 aliphatic heterocycles. The lowest BCUT2D eigenvalue weighted by molar-refractivity contribution is -0.141. The minimum Gasteiger partial charge on any atom is -0.351 e. The monoisotopic (exact) mass is 341 g/mol. The highest BCUT2D eigenvalue weighted by atomic mass is 35.5. The fraction of sp³-hybridized carbons (Fsp3) is 0.0833. The molecule has 0 unspecified atom stereocenters. The molecule has 0 amide bonds. The van der Waals surface area contributed by atoms with Crippen LogP contribution in [0.2, 0.25) is 15.1 Å². The normalized spacial score (nSPS) is 11.7. The van der Waals surface area contributed by atoms with Crippen molar-refractivity contribution in [2.45, 2.75) is 6.18 Å². The minimum atomic E-state index is -4.68. The van der Waals surface area contributed by atoms with Gasteiger partial charge < -0.3 is 4.98 Å². The van der Waals surface area contributed by atoms with Crippen molar-refractivity contribution in [1.29, 1.82) is 0 Å². The van der Waals surface area contributed by atoms with E-state index >= 15 is 0 Å². The van der Waals surface area contributed by atoms with E-state index in [0.29, 0.717) is 6.07 Å². The number of aromatic nitrogens is 1. The van der Waals surface area contributed by atoms with Gasteiger partial charge in [-0.05, 0) is 12.1 Å². The molecule has 8 heteroatoms. The van der Waals surface area contributed by atoms with Gasteiger partial charge in [-0.25, -0.2) is 0 Å². The van der Waals surface area contributed by atoms with Gasteiger partial charge in [0.2, 0.25) is 0 Å². The third-order valence-corrected chi connectivity index (χ3v) is 3.45. The number of H-pyrrole nitrogens is 1. The van der Waals surface area contributed by atoms with Crippen LogP contribution in [-0.2, 0) is 6.18 Å². The number of halogens is 6. The molecule has 0 aliphatic carbocycles. The summed E-state index contributed by atoms with van der Waals surface area (Å²) in [6, 6.07) is 4.12. The van der Waals surface area contributed by atoms with Crippen molar-refractivity contribution in [3.8, 4) is 11.3 Å². The molecule has 0 fully saturated rings. The van der Waals surface area contributed by atoms with Gasteiger partial charge in [-0.3, -0.25) is 4.79 Å². The molecule has 2 nitrogen and oxygen atoms in total. The number of hydrogen-bond acceptors (Lipinski definition) is 1. The number of nitrogens with one attached hydrogen (secondary N) is 1. The third-order valence-electron chi connectivity index (χ3n) is 2.43. The summed E-state index contributed by atoms with van der Waals surface area (Å²) in [6.07, 6.45) is -4.68. The molecule has 20 heavy (non-hydrogen) atoms. The van der Waals surface area contributed by atoms with Crippen LogP contribution in [0.4, 0.5) is 13.2 Å². The summed E-state index contributed by atoms with van der Waals surface area (Å²) >= 11 is 17.5. The van der Waals surface area contributed by atoms with Crippen molar-refractivity contribution in [3.05, 3.63) is 55.3 Å². The number of hydrogen-bond donors (Lipinski definition) is 1. The second-order valence-corrected chi connectivity index (χ2v) is 5.11. The third kappa shape index (κ3) is 3.11. The van der Waals surface area contributed by atoms with E-state index in [0.717, 1.165) is 6.07 Å². The Morgan fingerprint density at radius 3 is 2.25 bits per heavy atom. The van der Waals surface area contributed by atoms with Crippen molar-refractivity contribution < 1.29 is 13.2 Å². The maximum Gasteiger partial charge on any atom is 0.431 e. The Morgan fingerprint density at radius 2 is 1.65 bits per heavy atom. The zero-order valence-corrected chi connectivity index (χ0v) is 11.8. The van der Waals surface area contributed by atoms with Crippen molar-refractivity contribution in [2.24, 2.45) is 0 Å². The zero-order valence-electron chi connectivity index (χ0n) is 9.49. The SMILES string of the molecule is O=c1cc(-c2cc(Cl)cc(Cl)c2Cl)[nH]c(C(F)(F)F)c1. The molecule has 0 aliphatic rings. The lowest BCUT2D eigenvalue weighted by atomic mass is 10.1.